The highest BCUT2D eigenvalue weighted by molar-refractivity contribution is 7.80. The standard InChI is InChI=1S/C28H43N7S/c1-22-19-27(35-17-15-34(16-18-35)21-23-7-10-29-11-8-23)32-26-6-5-24(20-25(22)26)31-28(36)30-9-4-14-33-12-2-3-13-33/h5-6,19-20,23,29H,2-4,7-18,21H2,1H3,(H2,30,31,36). The number of rotatable bonds is 8. The molecule has 0 saturated carbocycles. The summed E-state index contributed by atoms with van der Waals surface area (Å²) in [7, 11) is 0. The fraction of sp³-hybridized carbons (Fsp3) is 0.643. The molecule has 0 bridgehead atoms. The third-order valence-corrected chi connectivity index (χ3v) is 8.31. The molecule has 0 atom stereocenters. The van der Waals surface area contributed by atoms with E-state index in [0.29, 0.717) is 5.11 Å². The largest absolute Gasteiger partial charge is 0.362 e. The van der Waals surface area contributed by atoms with Gasteiger partial charge in [-0.15, -0.1) is 0 Å². The Morgan fingerprint density at radius 3 is 2.58 bits per heavy atom. The Labute approximate surface area is 222 Å². The maximum atomic E-state index is 5.54. The second-order valence-electron chi connectivity index (χ2n) is 10.8. The second-order valence-corrected chi connectivity index (χ2v) is 11.2. The van der Waals surface area contributed by atoms with Gasteiger partial charge in [0.15, 0.2) is 5.11 Å². The number of nitrogens with one attached hydrogen (secondary N) is 3. The molecule has 0 radical (unpaired) electrons. The van der Waals surface area contributed by atoms with Crippen molar-refractivity contribution in [3.63, 3.8) is 0 Å². The second kappa shape index (κ2) is 12.5. The Bertz CT molecular complexity index is 1010. The lowest BCUT2D eigenvalue weighted by Gasteiger charge is -2.38. The molecule has 0 amide bonds. The maximum Gasteiger partial charge on any atom is 0.170 e. The molecule has 2 aromatic rings. The minimum atomic E-state index is 0.695. The summed E-state index contributed by atoms with van der Waals surface area (Å²) in [5.41, 5.74) is 3.33. The molecular formula is C28H43N7S. The Balaban J connectivity index is 1.12. The van der Waals surface area contributed by atoms with Gasteiger partial charge in [-0.1, -0.05) is 0 Å². The summed E-state index contributed by atoms with van der Waals surface area (Å²) in [4.78, 5) is 12.7. The van der Waals surface area contributed by atoms with E-state index in [1.54, 1.807) is 0 Å². The van der Waals surface area contributed by atoms with Crippen LogP contribution < -0.4 is 20.9 Å². The molecule has 4 heterocycles. The van der Waals surface area contributed by atoms with Gasteiger partial charge in [-0.25, -0.2) is 4.98 Å². The minimum Gasteiger partial charge on any atom is -0.362 e. The van der Waals surface area contributed by atoms with Crippen LogP contribution in [-0.2, 0) is 0 Å². The third kappa shape index (κ3) is 6.85. The van der Waals surface area contributed by atoms with Gasteiger partial charge in [0, 0.05) is 50.3 Å². The van der Waals surface area contributed by atoms with E-state index >= 15 is 0 Å². The number of hydrogen-bond donors (Lipinski definition) is 3. The maximum absolute atomic E-state index is 5.54. The number of piperidine rings is 1. The first-order chi connectivity index (χ1) is 17.6. The number of nitrogens with zero attached hydrogens (tertiary/aromatic N) is 4. The van der Waals surface area contributed by atoms with Crippen molar-refractivity contribution in [1.82, 2.24) is 25.4 Å². The van der Waals surface area contributed by atoms with Crippen molar-refractivity contribution < 1.29 is 0 Å². The first kappa shape index (κ1) is 25.6. The SMILES string of the molecule is Cc1cc(N2CCN(CC3CCNCC3)CC2)nc2ccc(NC(=S)NCCCN3CCCC3)cc12. The van der Waals surface area contributed by atoms with Crippen LogP contribution in [0.3, 0.4) is 0 Å². The molecule has 0 spiro atoms. The van der Waals surface area contributed by atoms with Gasteiger partial charge in [-0.2, -0.15) is 0 Å². The molecule has 1 aromatic carbocycles. The van der Waals surface area contributed by atoms with E-state index in [4.69, 9.17) is 17.2 Å². The van der Waals surface area contributed by atoms with E-state index in [1.807, 2.05) is 0 Å². The number of aromatic nitrogens is 1. The van der Waals surface area contributed by atoms with Crippen LogP contribution in [0.5, 0.6) is 0 Å². The first-order valence-corrected chi connectivity index (χ1v) is 14.4. The van der Waals surface area contributed by atoms with Crippen molar-refractivity contribution in [2.75, 3.05) is 82.2 Å². The summed E-state index contributed by atoms with van der Waals surface area (Å²) in [5, 5.41) is 12.1. The van der Waals surface area contributed by atoms with Crippen molar-refractivity contribution in [2.45, 2.75) is 39.0 Å². The van der Waals surface area contributed by atoms with E-state index in [1.165, 1.54) is 69.4 Å². The van der Waals surface area contributed by atoms with Gasteiger partial charge in [0.2, 0.25) is 0 Å². The minimum absolute atomic E-state index is 0.695. The van der Waals surface area contributed by atoms with Crippen LogP contribution in [0.15, 0.2) is 24.3 Å². The number of thiocarbonyl (C=S) groups is 1. The van der Waals surface area contributed by atoms with Crippen molar-refractivity contribution in [3.05, 3.63) is 29.8 Å². The van der Waals surface area contributed by atoms with E-state index < -0.39 is 0 Å². The quantitative estimate of drug-likeness (QED) is 0.370. The van der Waals surface area contributed by atoms with Gasteiger partial charge in [0.05, 0.1) is 5.52 Å². The van der Waals surface area contributed by atoms with Crippen LogP contribution in [0.4, 0.5) is 11.5 Å². The summed E-state index contributed by atoms with van der Waals surface area (Å²) in [6.45, 7) is 14.8. The van der Waals surface area contributed by atoms with Crippen LogP contribution >= 0.6 is 12.2 Å². The molecule has 3 fully saturated rings. The number of fused-ring (bicyclic) bond motifs is 1. The first-order valence-electron chi connectivity index (χ1n) is 14.0. The summed E-state index contributed by atoms with van der Waals surface area (Å²) in [6, 6.07) is 8.64. The van der Waals surface area contributed by atoms with E-state index in [2.05, 4.69) is 61.8 Å². The third-order valence-electron chi connectivity index (χ3n) is 8.07. The van der Waals surface area contributed by atoms with Crippen LogP contribution in [0.2, 0.25) is 0 Å². The van der Waals surface area contributed by atoms with Crippen molar-refractivity contribution in [3.8, 4) is 0 Å². The molecule has 3 aliphatic rings. The van der Waals surface area contributed by atoms with Crippen LogP contribution in [0, 0.1) is 12.8 Å². The topological polar surface area (TPSA) is 58.7 Å². The Kier molecular flexibility index (Phi) is 8.90. The lowest BCUT2D eigenvalue weighted by atomic mass is 9.97. The van der Waals surface area contributed by atoms with Crippen molar-refractivity contribution in [2.24, 2.45) is 5.92 Å². The van der Waals surface area contributed by atoms with E-state index in [9.17, 15) is 0 Å². The van der Waals surface area contributed by atoms with Crippen molar-refractivity contribution in [1.29, 1.82) is 0 Å². The Morgan fingerprint density at radius 2 is 1.81 bits per heavy atom. The monoisotopic (exact) mass is 509 g/mol. The van der Waals surface area contributed by atoms with Gasteiger partial charge >= 0.3 is 0 Å². The highest BCUT2D eigenvalue weighted by Gasteiger charge is 2.22. The molecule has 1 aromatic heterocycles. The molecule has 0 aliphatic carbocycles. The number of pyridine rings is 1. The number of benzene rings is 1. The Morgan fingerprint density at radius 1 is 1.03 bits per heavy atom. The predicted molar refractivity (Wildman–Crippen MR) is 155 cm³/mol. The fourth-order valence-corrected chi connectivity index (χ4v) is 6.11. The zero-order valence-electron chi connectivity index (χ0n) is 21.9. The lowest BCUT2D eigenvalue weighted by Crippen LogP contribution is -2.48. The highest BCUT2D eigenvalue weighted by Crippen LogP contribution is 2.26. The van der Waals surface area contributed by atoms with Crippen LogP contribution in [-0.4, -0.2) is 91.9 Å². The van der Waals surface area contributed by atoms with Gasteiger partial charge in [-0.05, 0) is 120 Å². The summed E-state index contributed by atoms with van der Waals surface area (Å²) >= 11 is 5.54. The number of hydrogen-bond acceptors (Lipinski definition) is 6. The molecular weight excluding hydrogens is 466 g/mol. The molecule has 196 valence electrons. The number of likely N-dealkylation sites (tertiary alicyclic amines) is 1. The molecule has 36 heavy (non-hydrogen) atoms. The summed E-state index contributed by atoms with van der Waals surface area (Å²) in [6.07, 6.45) is 6.46. The Hall–Kier alpha value is -2.00. The van der Waals surface area contributed by atoms with Crippen LogP contribution in [0.1, 0.15) is 37.7 Å². The van der Waals surface area contributed by atoms with Crippen molar-refractivity contribution >= 4 is 39.7 Å². The van der Waals surface area contributed by atoms with Gasteiger partial charge in [0.25, 0.3) is 0 Å². The number of aryl methyl sites for hydroxylation is 1. The predicted octanol–water partition coefficient (Wildman–Crippen LogP) is 3.44. The average molecular weight is 510 g/mol. The number of anilines is 2. The number of piperazine rings is 1. The molecule has 3 saturated heterocycles. The molecule has 5 rings (SSSR count). The van der Waals surface area contributed by atoms with Crippen LogP contribution in [0.25, 0.3) is 10.9 Å². The molecule has 8 heteroatoms. The smallest absolute Gasteiger partial charge is 0.170 e. The molecule has 3 aliphatic heterocycles. The van der Waals surface area contributed by atoms with E-state index in [0.717, 1.165) is 68.6 Å². The normalized spacial score (nSPS) is 20.2. The van der Waals surface area contributed by atoms with Gasteiger partial charge < -0.3 is 25.8 Å². The average Bonchev–Trinajstić information content (AvgIpc) is 3.42. The van der Waals surface area contributed by atoms with Gasteiger partial charge in [0.1, 0.15) is 5.82 Å². The summed E-state index contributed by atoms with van der Waals surface area (Å²) in [5.74, 6) is 1.97. The van der Waals surface area contributed by atoms with Gasteiger partial charge in [-0.3, -0.25) is 4.90 Å². The molecule has 7 nitrogen and oxygen atoms in total. The highest BCUT2D eigenvalue weighted by atomic mass is 32.1. The molecule has 0 unspecified atom stereocenters. The fourth-order valence-electron chi connectivity index (χ4n) is 5.89. The lowest BCUT2D eigenvalue weighted by molar-refractivity contribution is 0.196. The zero-order valence-corrected chi connectivity index (χ0v) is 22.7. The zero-order chi connectivity index (χ0) is 24.7. The summed E-state index contributed by atoms with van der Waals surface area (Å²) < 4.78 is 0. The molecule has 3 N–H and O–H groups in total. The van der Waals surface area contributed by atoms with E-state index in [-0.39, 0.29) is 0 Å².